The van der Waals surface area contributed by atoms with Gasteiger partial charge in [-0.3, -0.25) is 4.79 Å². The lowest BCUT2D eigenvalue weighted by molar-refractivity contribution is 0.105. The molecule has 0 aliphatic rings. The maximum atomic E-state index is 13.0. The van der Waals surface area contributed by atoms with Crippen LogP contribution in [0, 0.1) is 0 Å². The molecule has 0 saturated carbocycles. The first-order chi connectivity index (χ1) is 11.9. The average molecular weight is 412 g/mol. The Kier molecular flexibility index (Phi) is 5.50. The van der Waals surface area contributed by atoms with E-state index in [-0.39, 0.29) is 10.9 Å². The molecule has 3 rings (SSSR count). The highest BCUT2D eigenvalue weighted by molar-refractivity contribution is 6.36. The van der Waals surface area contributed by atoms with Crippen molar-refractivity contribution in [2.45, 2.75) is 0 Å². The van der Waals surface area contributed by atoms with Gasteiger partial charge in [-0.05, 0) is 54.1 Å². The zero-order valence-electron chi connectivity index (χ0n) is 12.6. The molecule has 25 heavy (non-hydrogen) atoms. The van der Waals surface area contributed by atoms with Crippen molar-refractivity contribution in [3.63, 3.8) is 0 Å². The van der Waals surface area contributed by atoms with Crippen LogP contribution >= 0.6 is 46.4 Å². The summed E-state index contributed by atoms with van der Waals surface area (Å²) in [6.45, 7) is 0. The molecule has 1 heterocycles. The molecule has 2 aromatic carbocycles. The number of hydrogen-bond acceptors (Lipinski definition) is 2. The van der Waals surface area contributed by atoms with Crippen molar-refractivity contribution in [2.75, 3.05) is 0 Å². The maximum absolute atomic E-state index is 13.0. The number of rotatable bonds is 4. The van der Waals surface area contributed by atoms with E-state index < -0.39 is 0 Å². The normalized spacial score (nSPS) is 11.6. The Labute approximate surface area is 164 Å². The van der Waals surface area contributed by atoms with E-state index in [1.54, 1.807) is 54.7 Å². The number of hydrogen-bond donors (Lipinski definition) is 0. The van der Waals surface area contributed by atoms with Gasteiger partial charge in [0.25, 0.3) is 0 Å². The lowest BCUT2D eigenvalue weighted by Crippen LogP contribution is -2.08. The van der Waals surface area contributed by atoms with Crippen molar-refractivity contribution in [1.82, 2.24) is 9.55 Å². The molecule has 0 unspecified atom stereocenters. The minimum absolute atomic E-state index is 0.234. The molecule has 0 fully saturated rings. The van der Waals surface area contributed by atoms with Crippen LogP contribution in [0.2, 0.25) is 20.2 Å². The molecule has 1 aromatic heterocycles. The minimum atomic E-state index is -0.234. The molecule has 0 bridgehead atoms. The Bertz CT molecular complexity index is 961. The summed E-state index contributed by atoms with van der Waals surface area (Å²) in [5, 5.41) is 1.80. The van der Waals surface area contributed by atoms with Crippen LogP contribution in [-0.2, 0) is 0 Å². The molecule has 0 aliphatic carbocycles. The summed E-state index contributed by atoms with van der Waals surface area (Å²) in [5.74, 6) is -0.234. The van der Waals surface area contributed by atoms with Gasteiger partial charge in [0, 0.05) is 26.8 Å². The highest BCUT2D eigenvalue weighted by atomic mass is 35.5. The fraction of sp³-hybridized carbons (Fsp3) is 0. The first-order valence-corrected chi connectivity index (χ1v) is 8.62. The number of ketones is 1. The number of benzene rings is 2. The summed E-state index contributed by atoms with van der Waals surface area (Å²) < 4.78 is 1.54. The Balaban J connectivity index is 2.13. The number of carbonyl (C=O) groups excluding carboxylic acids is 1. The molecule has 0 N–H and O–H groups in total. The molecule has 0 atom stereocenters. The van der Waals surface area contributed by atoms with Gasteiger partial charge in [-0.1, -0.05) is 46.4 Å². The molecule has 0 spiro atoms. The van der Waals surface area contributed by atoms with Gasteiger partial charge in [0.1, 0.15) is 11.5 Å². The predicted octanol–water partition coefficient (Wildman–Crippen LogP) is 6.38. The smallest absolute Gasteiger partial charge is 0.209 e. The van der Waals surface area contributed by atoms with Crippen LogP contribution in [0.1, 0.15) is 15.9 Å². The summed E-state index contributed by atoms with van der Waals surface area (Å²) in [6, 6.07) is 11.6. The van der Waals surface area contributed by atoms with Gasteiger partial charge >= 0.3 is 0 Å². The van der Waals surface area contributed by atoms with Gasteiger partial charge in [0.05, 0.1) is 5.70 Å². The fourth-order valence-electron chi connectivity index (χ4n) is 2.21. The maximum Gasteiger partial charge on any atom is 0.209 e. The largest absolute Gasteiger partial charge is 0.301 e. The molecule has 0 aliphatic heterocycles. The predicted molar refractivity (Wildman–Crippen MR) is 104 cm³/mol. The van der Waals surface area contributed by atoms with Crippen molar-refractivity contribution < 1.29 is 4.79 Å². The van der Waals surface area contributed by atoms with Crippen LogP contribution in [0.3, 0.4) is 0 Å². The number of imidazole rings is 1. The van der Waals surface area contributed by atoms with Crippen molar-refractivity contribution >= 4 is 64.0 Å². The van der Waals surface area contributed by atoms with Crippen LogP contribution in [-0.4, -0.2) is 15.3 Å². The fourth-order valence-corrected chi connectivity index (χ4v) is 2.84. The molecule has 3 aromatic rings. The lowest BCUT2D eigenvalue weighted by Gasteiger charge is -2.09. The Morgan fingerprint density at radius 3 is 2.28 bits per heavy atom. The summed E-state index contributed by atoms with van der Waals surface area (Å²) in [7, 11) is 0. The van der Waals surface area contributed by atoms with Crippen molar-refractivity contribution in [3.05, 3.63) is 86.3 Å². The van der Waals surface area contributed by atoms with E-state index in [4.69, 9.17) is 46.4 Å². The zero-order valence-corrected chi connectivity index (χ0v) is 15.6. The van der Waals surface area contributed by atoms with Crippen molar-refractivity contribution in [3.8, 4) is 0 Å². The van der Waals surface area contributed by atoms with Crippen molar-refractivity contribution in [1.29, 1.82) is 0 Å². The number of Topliss-reactive ketones (excluding diaryl/α,β-unsaturated/α-hetero) is 1. The number of halogens is 4. The topological polar surface area (TPSA) is 34.9 Å². The summed E-state index contributed by atoms with van der Waals surface area (Å²) in [6.07, 6.45) is 4.64. The zero-order chi connectivity index (χ0) is 18.0. The first kappa shape index (κ1) is 18.0. The summed E-state index contributed by atoms with van der Waals surface area (Å²) >= 11 is 24.1. The standard InChI is InChI=1S/C18H10Cl4N2O/c19-13-3-1-11(2-4-13)18(25)16(24-9-17(22)23-10-24)8-12-7-14(20)5-6-15(12)21/h1-10H/b16-8-. The van der Waals surface area contributed by atoms with Gasteiger partial charge < -0.3 is 4.57 Å². The molecule has 3 nitrogen and oxygen atoms in total. The SMILES string of the molecule is O=C(/C(=C/c1cc(Cl)ccc1Cl)n1cnc(Cl)c1)c1ccc(Cl)cc1. The van der Waals surface area contributed by atoms with Gasteiger partial charge in [-0.15, -0.1) is 0 Å². The first-order valence-electron chi connectivity index (χ1n) is 7.11. The molecular weight excluding hydrogens is 402 g/mol. The third-order valence-electron chi connectivity index (χ3n) is 3.42. The molecule has 7 heteroatoms. The molecule has 0 radical (unpaired) electrons. The van der Waals surface area contributed by atoms with Crippen LogP contribution in [0.5, 0.6) is 0 Å². The van der Waals surface area contributed by atoms with Gasteiger partial charge in [0.2, 0.25) is 5.78 Å². The highest BCUT2D eigenvalue weighted by Crippen LogP contribution is 2.26. The minimum Gasteiger partial charge on any atom is -0.301 e. The quantitative estimate of drug-likeness (QED) is 0.368. The van der Waals surface area contributed by atoms with Crippen LogP contribution in [0.25, 0.3) is 11.8 Å². The van der Waals surface area contributed by atoms with E-state index in [1.807, 2.05) is 0 Å². The second kappa shape index (κ2) is 7.63. The Hall–Kier alpha value is -1.78. The van der Waals surface area contributed by atoms with Crippen LogP contribution in [0.15, 0.2) is 55.0 Å². The van der Waals surface area contributed by atoms with E-state index >= 15 is 0 Å². The van der Waals surface area contributed by atoms with Gasteiger partial charge in [-0.2, -0.15) is 0 Å². The second-order valence-electron chi connectivity index (χ2n) is 5.14. The lowest BCUT2D eigenvalue weighted by atomic mass is 10.1. The molecule has 126 valence electrons. The van der Waals surface area contributed by atoms with E-state index in [0.29, 0.717) is 31.9 Å². The number of allylic oxidation sites excluding steroid dienone is 1. The average Bonchev–Trinajstić information content (AvgIpc) is 3.02. The molecule has 0 saturated heterocycles. The van der Waals surface area contributed by atoms with E-state index in [2.05, 4.69) is 4.98 Å². The van der Waals surface area contributed by atoms with Crippen LogP contribution < -0.4 is 0 Å². The molecular formula is C18H10Cl4N2O. The number of aromatic nitrogens is 2. The van der Waals surface area contributed by atoms with Crippen molar-refractivity contribution in [2.24, 2.45) is 0 Å². The monoisotopic (exact) mass is 410 g/mol. The summed E-state index contributed by atoms with van der Waals surface area (Å²) in [5.41, 5.74) is 1.40. The molecule has 0 amide bonds. The number of carbonyl (C=O) groups is 1. The third-order valence-corrected chi connectivity index (χ3v) is 4.45. The van der Waals surface area contributed by atoms with E-state index in [1.165, 1.54) is 10.9 Å². The highest BCUT2D eigenvalue weighted by Gasteiger charge is 2.16. The summed E-state index contributed by atoms with van der Waals surface area (Å²) in [4.78, 5) is 17.0. The Morgan fingerprint density at radius 2 is 1.64 bits per heavy atom. The van der Waals surface area contributed by atoms with Gasteiger partial charge in [-0.25, -0.2) is 4.98 Å². The van der Waals surface area contributed by atoms with Gasteiger partial charge in [0.15, 0.2) is 0 Å². The second-order valence-corrected chi connectivity index (χ2v) is 6.80. The Morgan fingerprint density at radius 1 is 0.960 bits per heavy atom. The van der Waals surface area contributed by atoms with E-state index in [9.17, 15) is 4.79 Å². The van der Waals surface area contributed by atoms with E-state index in [0.717, 1.165) is 0 Å². The third kappa shape index (κ3) is 4.25. The van der Waals surface area contributed by atoms with Crippen LogP contribution in [0.4, 0.5) is 0 Å². The number of nitrogens with zero attached hydrogens (tertiary/aromatic N) is 2.